The molecule has 17 nitrogen and oxygen atoms in total. The number of phenols is 2. The van der Waals surface area contributed by atoms with Gasteiger partial charge in [0.15, 0.2) is 5.82 Å². The maximum Gasteiger partial charge on any atom is 0.411 e. The molecule has 0 atom stereocenters. The Morgan fingerprint density at radius 1 is 0.864 bits per heavy atom. The summed E-state index contributed by atoms with van der Waals surface area (Å²) in [5.74, 6) is 1.73. The molecule has 0 spiro atoms. The van der Waals surface area contributed by atoms with Crippen molar-refractivity contribution in [3.05, 3.63) is 129 Å². The number of aromatic nitrogens is 6. The van der Waals surface area contributed by atoms with Crippen LogP contribution in [0.2, 0.25) is 0 Å². The van der Waals surface area contributed by atoms with E-state index in [2.05, 4.69) is 64.0 Å². The lowest BCUT2D eigenvalue weighted by Crippen LogP contribution is -2.51. The fourth-order valence-electron chi connectivity index (χ4n) is 11.1. The molecule has 10 rings (SSSR count). The first-order valence-electron chi connectivity index (χ1n) is 28.2. The van der Waals surface area contributed by atoms with Crippen molar-refractivity contribution in [1.82, 2.24) is 48.7 Å². The van der Waals surface area contributed by atoms with Crippen molar-refractivity contribution < 1.29 is 33.7 Å². The maximum atomic E-state index is 15.2. The Bertz CT molecular complexity index is 3510. The summed E-state index contributed by atoms with van der Waals surface area (Å²) < 4.78 is 26.4. The van der Waals surface area contributed by atoms with Gasteiger partial charge in [0.05, 0.1) is 22.2 Å². The van der Waals surface area contributed by atoms with Gasteiger partial charge in [0, 0.05) is 96.8 Å². The number of benzene rings is 4. The number of halogens is 1. The van der Waals surface area contributed by atoms with Crippen LogP contribution in [0.3, 0.4) is 0 Å². The van der Waals surface area contributed by atoms with Crippen molar-refractivity contribution in [2.45, 2.75) is 103 Å². The lowest BCUT2D eigenvalue weighted by molar-refractivity contribution is -0.134. The second-order valence-corrected chi connectivity index (χ2v) is 26.0. The molecule has 7 aromatic rings. The Hall–Kier alpha value is -6.90. The number of ether oxygens (including phenoxy) is 1. The lowest BCUT2D eigenvalue weighted by atomic mass is 9.93. The Morgan fingerprint density at radius 2 is 1.60 bits per heavy atom. The quantitative estimate of drug-likeness (QED) is 0.0543. The molecule has 428 valence electrons. The molecule has 2 N–H and O–H groups in total. The zero-order chi connectivity index (χ0) is 57.1. The van der Waals surface area contributed by atoms with Gasteiger partial charge in [-0.05, 0) is 150 Å². The number of hydrogen-bond acceptors (Lipinski definition) is 13. The molecule has 3 fully saturated rings. The van der Waals surface area contributed by atoms with Crippen LogP contribution in [0.4, 0.5) is 9.18 Å². The van der Waals surface area contributed by atoms with E-state index in [-0.39, 0.29) is 64.8 Å². The molecule has 0 bridgehead atoms. The molecule has 2 aliphatic heterocycles. The van der Waals surface area contributed by atoms with Crippen molar-refractivity contribution in [2.75, 3.05) is 65.2 Å². The third-order valence-electron chi connectivity index (χ3n) is 16.1. The van der Waals surface area contributed by atoms with E-state index in [0.29, 0.717) is 77.1 Å². The zero-order valence-corrected chi connectivity index (χ0v) is 48.8. The van der Waals surface area contributed by atoms with Gasteiger partial charge >= 0.3 is 6.09 Å². The Labute approximate surface area is 479 Å². The Kier molecular flexibility index (Phi) is 17.5. The van der Waals surface area contributed by atoms with Crippen LogP contribution >= 0.6 is 21.6 Å². The van der Waals surface area contributed by atoms with Crippen molar-refractivity contribution in [2.24, 2.45) is 11.8 Å². The maximum absolute atomic E-state index is 15.2. The molecule has 3 amide bonds. The van der Waals surface area contributed by atoms with Crippen molar-refractivity contribution >= 4 is 61.2 Å². The van der Waals surface area contributed by atoms with Crippen LogP contribution in [0.25, 0.3) is 38.8 Å². The molecule has 0 radical (unpaired) electrons. The lowest BCUT2D eigenvalue weighted by Gasteiger charge is -2.35. The number of carbonyl (C=O) groups excluding carboxylic acids is 3. The second kappa shape index (κ2) is 24.7. The minimum Gasteiger partial charge on any atom is -0.508 e. The smallest absolute Gasteiger partial charge is 0.411 e. The van der Waals surface area contributed by atoms with E-state index < -0.39 is 17.8 Å². The van der Waals surface area contributed by atoms with Crippen LogP contribution in [0.15, 0.2) is 89.9 Å². The number of amides is 3. The molecule has 3 aliphatic rings. The highest BCUT2D eigenvalue weighted by molar-refractivity contribution is 8.77. The number of carbonyl (C=O) groups is 3. The van der Waals surface area contributed by atoms with Crippen LogP contribution in [0.1, 0.15) is 105 Å². The molecular formula is C61H73FN10O7S2. The summed E-state index contributed by atoms with van der Waals surface area (Å²) in [5, 5.41) is 37.0. The van der Waals surface area contributed by atoms with Crippen molar-refractivity contribution in [3.8, 4) is 28.6 Å². The highest BCUT2D eigenvalue weighted by Gasteiger charge is 2.36. The van der Waals surface area contributed by atoms with E-state index in [1.54, 1.807) is 68.8 Å². The summed E-state index contributed by atoms with van der Waals surface area (Å²) in [6.07, 6.45) is 8.10. The highest BCUT2D eigenvalue weighted by Crippen LogP contribution is 2.40. The van der Waals surface area contributed by atoms with Crippen LogP contribution in [-0.2, 0) is 29.2 Å². The van der Waals surface area contributed by atoms with Gasteiger partial charge in [0.1, 0.15) is 36.4 Å². The molecule has 5 heterocycles. The predicted octanol–water partition coefficient (Wildman–Crippen LogP) is 10.2. The van der Waals surface area contributed by atoms with E-state index in [1.807, 2.05) is 31.4 Å². The number of hydrogen-bond donors (Lipinski definition) is 2. The molecule has 1 saturated carbocycles. The van der Waals surface area contributed by atoms with E-state index in [0.717, 1.165) is 68.5 Å². The Balaban J connectivity index is 0.649. The van der Waals surface area contributed by atoms with Gasteiger partial charge in [0.25, 0.3) is 11.5 Å². The topological polar surface area (TPSA) is 184 Å². The zero-order valence-electron chi connectivity index (χ0n) is 47.1. The van der Waals surface area contributed by atoms with E-state index in [1.165, 1.54) is 46.1 Å². The average molecular weight is 1140 g/mol. The van der Waals surface area contributed by atoms with E-state index >= 15 is 4.39 Å². The molecule has 3 aromatic heterocycles. The molecule has 0 unspecified atom stereocenters. The third-order valence-corrected chi connectivity index (χ3v) is 19.4. The van der Waals surface area contributed by atoms with Crippen LogP contribution in [0.5, 0.6) is 11.5 Å². The van der Waals surface area contributed by atoms with Gasteiger partial charge < -0.3 is 34.2 Å². The number of nitrogens with zero attached hydrogens (tertiary/aromatic N) is 10. The fourth-order valence-corrected chi connectivity index (χ4v) is 13.5. The van der Waals surface area contributed by atoms with Gasteiger partial charge in [0.2, 0.25) is 5.91 Å². The minimum absolute atomic E-state index is 0.00976. The normalized spacial score (nSPS) is 15.6. The number of aromatic hydroxyl groups is 2. The molecule has 20 heteroatoms. The van der Waals surface area contributed by atoms with Crippen LogP contribution in [0, 0.1) is 24.6 Å². The first kappa shape index (κ1) is 57.3. The number of rotatable bonds is 20. The van der Waals surface area contributed by atoms with Gasteiger partial charge in [-0.25, -0.2) is 13.9 Å². The summed E-state index contributed by atoms with van der Waals surface area (Å²) in [4.78, 5) is 60.4. The van der Waals surface area contributed by atoms with Gasteiger partial charge in [-0.3, -0.25) is 23.9 Å². The van der Waals surface area contributed by atoms with E-state index in [4.69, 9.17) is 9.84 Å². The summed E-state index contributed by atoms with van der Waals surface area (Å²) >= 11 is 0. The third kappa shape index (κ3) is 13.2. The summed E-state index contributed by atoms with van der Waals surface area (Å²) in [6.45, 7) is 16.1. The van der Waals surface area contributed by atoms with Crippen molar-refractivity contribution in [3.63, 3.8) is 0 Å². The summed E-state index contributed by atoms with van der Waals surface area (Å²) in [5.41, 5.74) is 4.08. The van der Waals surface area contributed by atoms with Crippen LogP contribution in [-0.4, -0.2) is 147 Å². The van der Waals surface area contributed by atoms with Gasteiger partial charge in [-0.2, -0.15) is 5.10 Å². The largest absolute Gasteiger partial charge is 0.508 e. The first-order chi connectivity index (χ1) is 38.9. The van der Waals surface area contributed by atoms with Crippen molar-refractivity contribution in [1.29, 1.82) is 0 Å². The fraction of sp³-hybridized carbons (Fsp3) is 0.459. The number of piperidine rings is 1. The summed E-state index contributed by atoms with van der Waals surface area (Å²) in [6, 6.07) is 23.2. The number of piperazine rings is 1. The number of phenolic OH excluding ortho intramolecular Hbond substituents is 2. The van der Waals surface area contributed by atoms with Crippen LogP contribution < -0.4 is 5.56 Å². The SMILES string of the molecule is Cc1nnc(-c2cc(C(C)C)c(O)cc2O)n1-c1ccc2c(ccn2CCC2CCN(CCC(C)(C)SSCCOC(=O)N(C)Cn3nc(Cc4ccc(F)c(C(=O)N5CCN(C(=O)C6CC6)CC5)c4)c4ccccc4c3=O)CC2)c1. The monoisotopic (exact) mass is 1140 g/mol. The molecule has 2 saturated heterocycles. The first-order valence-corrected chi connectivity index (χ1v) is 30.6. The number of aryl methyl sites for hydroxylation is 2. The number of fused-ring (bicyclic) bond motifs is 2. The molecular weight excluding hydrogens is 1070 g/mol. The Morgan fingerprint density at radius 3 is 2.35 bits per heavy atom. The summed E-state index contributed by atoms with van der Waals surface area (Å²) in [7, 11) is 5.05. The minimum atomic E-state index is -0.631. The van der Waals surface area contributed by atoms with Gasteiger partial charge in [-0.15, -0.1) is 10.2 Å². The molecule has 1 aliphatic carbocycles. The van der Waals surface area contributed by atoms with E-state index in [9.17, 15) is 29.4 Å². The van der Waals surface area contributed by atoms with Gasteiger partial charge in [-0.1, -0.05) is 59.7 Å². The molecule has 4 aromatic carbocycles. The standard InChI is InChI=1S/C61H73FN10O7S2/c1-39(2)48-36-50(55(74)37-54(48)73)56-64-63-40(3)72(56)45-14-16-53-44(35-45)20-25-68(53)24-19-41-17-22-67(23-18-41)26-21-61(4,5)81-80-32-31-79-60(78)66(6)38-71-59(77)47-10-8-7-9-46(47)52(65-71)34-42-11-15-51(62)49(33-42)58(76)70-29-27-69(28-30-70)57(75)43-12-13-43/h7-11,14-16,20,25,33,35-37,39,41,43,73-74H,12-13,17-19,21-24,26-32,34,38H2,1-6H3. The number of likely N-dealkylation sites (tertiary alicyclic amines) is 1. The predicted molar refractivity (Wildman–Crippen MR) is 317 cm³/mol. The highest BCUT2D eigenvalue weighted by atomic mass is 33.1. The molecule has 81 heavy (non-hydrogen) atoms. The average Bonchev–Trinajstić information content (AvgIpc) is 4.38. The second-order valence-electron chi connectivity index (χ2n) is 22.9.